The van der Waals surface area contributed by atoms with Crippen molar-refractivity contribution in [3.05, 3.63) is 162 Å². The highest BCUT2D eigenvalue weighted by atomic mass is 14.3. The van der Waals surface area contributed by atoms with Gasteiger partial charge < -0.3 is 0 Å². The van der Waals surface area contributed by atoms with Crippen LogP contribution in [0.4, 0.5) is 0 Å². The molecule has 1 unspecified atom stereocenters. The summed E-state index contributed by atoms with van der Waals surface area (Å²) in [7, 11) is 0. The van der Waals surface area contributed by atoms with E-state index in [2.05, 4.69) is 122 Å². The van der Waals surface area contributed by atoms with Crippen LogP contribution >= 0.6 is 0 Å². The fraction of sp³-hybridized carbons (Fsp3) is 0.0625. The smallest absolute Gasteiger partial charge is 0.0352 e. The van der Waals surface area contributed by atoms with Gasteiger partial charge in [-0.25, -0.2) is 0 Å². The van der Waals surface area contributed by atoms with Gasteiger partial charge in [0.2, 0.25) is 0 Å². The van der Waals surface area contributed by atoms with Crippen molar-refractivity contribution in [2.24, 2.45) is 5.92 Å². The fourth-order valence-corrected chi connectivity index (χ4v) is 4.84. The van der Waals surface area contributed by atoms with E-state index < -0.39 is 0 Å². The first-order valence-electron chi connectivity index (χ1n) is 11.1. The molecule has 0 radical (unpaired) electrons. The first-order valence-corrected chi connectivity index (χ1v) is 11.1. The van der Waals surface area contributed by atoms with Gasteiger partial charge in [0.05, 0.1) is 0 Å². The summed E-state index contributed by atoms with van der Waals surface area (Å²) in [5, 5.41) is 0. The molecule has 3 aromatic rings. The molecule has 0 nitrogen and oxygen atoms in total. The lowest BCUT2D eigenvalue weighted by atomic mass is 9.78. The molecule has 0 bridgehead atoms. The molecule has 0 amide bonds. The zero-order valence-corrected chi connectivity index (χ0v) is 18.2. The van der Waals surface area contributed by atoms with Gasteiger partial charge in [0.15, 0.2) is 0 Å². The molecule has 0 fully saturated rings. The number of benzene rings is 3. The SMILES string of the molecule is C=CC1=C(C(=C)Cc2ccccc2)C=C2C=CC=C(c3ccccc3-c3ccccc3)C21. The summed E-state index contributed by atoms with van der Waals surface area (Å²) in [5.41, 5.74) is 11.3. The van der Waals surface area contributed by atoms with E-state index in [1.807, 2.05) is 6.08 Å². The normalized spacial score (nSPS) is 16.9. The van der Waals surface area contributed by atoms with Gasteiger partial charge >= 0.3 is 0 Å². The monoisotopic (exact) mass is 410 g/mol. The summed E-state index contributed by atoms with van der Waals surface area (Å²) in [6.07, 6.45) is 11.8. The van der Waals surface area contributed by atoms with Crippen LogP contribution in [-0.4, -0.2) is 0 Å². The van der Waals surface area contributed by atoms with Crippen molar-refractivity contribution >= 4 is 5.57 Å². The van der Waals surface area contributed by atoms with Gasteiger partial charge in [-0.1, -0.05) is 128 Å². The van der Waals surface area contributed by atoms with E-state index in [9.17, 15) is 0 Å². The summed E-state index contributed by atoms with van der Waals surface area (Å²) < 4.78 is 0. The van der Waals surface area contributed by atoms with Crippen LogP contribution in [-0.2, 0) is 6.42 Å². The van der Waals surface area contributed by atoms with E-state index in [1.54, 1.807) is 0 Å². The average molecular weight is 411 g/mol. The van der Waals surface area contributed by atoms with Gasteiger partial charge in [-0.2, -0.15) is 0 Å². The van der Waals surface area contributed by atoms with Crippen LogP contribution < -0.4 is 0 Å². The molecule has 3 aromatic carbocycles. The number of rotatable bonds is 6. The second kappa shape index (κ2) is 8.69. The topological polar surface area (TPSA) is 0 Å². The Hall–Kier alpha value is -3.90. The van der Waals surface area contributed by atoms with E-state index >= 15 is 0 Å². The number of hydrogen-bond acceptors (Lipinski definition) is 0. The minimum Gasteiger partial charge on any atom is -0.0987 e. The Morgan fingerprint density at radius 3 is 2.19 bits per heavy atom. The molecule has 32 heavy (non-hydrogen) atoms. The standard InChI is InChI=1S/C32H26/c1-3-27-31(23(2)21-24-13-6-4-7-14-24)22-26-17-12-20-30(32(26)27)29-19-11-10-18-28(29)25-15-8-5-9-16-25/h3-20,22,32H,1-2,21H2. The number of allylic oxidation sites excluding steroid dienone is 10. The summed E-state index contributed by atoms with van der Waals surface area (Å²) >= 11 is 0. The minimum atomic E-state index is 0.185. The van der Waals surface area contributed by atoms with Crippen LogP contribution in [0.15, 0.2) is 151 Å². The first kappa shape index (κ1) is 20.0. The largest absolute Gasteiger partial charge is 0.0987 e. The molecule has 0 aliphatic heterocycles. The maximum atomic E-state index is 4.46. The molecular weight excluding hydrogens is 384 g/mol. The van der Waals surface area contributed by atoms with Crippen molar-refractivity contribution in [2.75, 3.05) is 0 Å². The highest BCUT2D eigenvalue weighted by Crippen LogP contribution is 2.47. The molecule has 1 atom stereocenters. The predicted octanol–water partition coefficient (Wildman–Crippen LogP) is 8.14. The maximum absolute atomic E-state index is 4.46. The minimum absolute atomic E-state index is 0.185. The van der Waals surface area contributed by atoms with Crippen LogP contribution in [0.2, 0.25) is 0 Å². The zero-order chi connectivity index (χ0) is 21.9. The lowest BCUT2D eigenvalue weighted by Crippen LogP contribution is -2.09. The third-order valence-electron chi connectivity index (χ3n) is 6.33. The van der Waals surface area contributed by atoms with Crippen molar-refractivity contribution in [1.82, 2.24) is 0 Å². The first-order chi connectivity index (χ1) is 15.8. The van der Waals surface area contributed by atoms with Crippen LogP contribution in [0.3, 0.4) is 0 Å². The molecule has 0 heterocycles. The lowest BCUT2D eigenvalue weighted by Gasteiger charge is -2.25. The highest BCUT2D eigenvalue weighted by Gasteiger charge is 2.31. The molecule has 5 rings (SSSR count). The predicted molar refractivity (Wildman–Crippen MR) is 137 cm³/mol. The molecule has 154 valence electrons. The Morgan fingerprint density at radius 2 is 1.47 bits per heavy atom. The van der Waals surface area contributed by atoms with Gasteiger partial charge in [-0.15, -0.1) is 0 Å². The Bertz CT molecular complexity index is 1290. The second-order valence-electron chi connectivity index (χ2n) is 8.31. The lowest BCUT2D eigenvalue weighted by molar-refractivity contribution is 0.987. The van der Waals surface area contributed by atoms with Crippen LogP contribution in [0.1, 0.15) is 11.1 Å². The van der Waals surface area contributed by atoms with E-state index in [0.717, 1.165) is 12.0 Å². The second-order valence-corrected chi connectivity index (χ2v) is 8.31. The van der Waals surface area contributed by atoms with Gasteiger partial charge in [0.1, 0.15) is 0 Å². The maximum Gasteiger partial charge on any atom is 0.0352 e. The van der Waals surface area contributed by atoms with Gasteiger partial charge in [-0.3, -0.25) is 0 Å². The van der Waals surface area contributed by atoms with E-state index in [0.29, 0.717) is 0 Å². The van der Waals surface area contributed by atoms with Crippen LogP contribution in [0.5, 0.6) is 0 Å². The van der Waals surface area contributed by atoms with Crippen molar-refractivity contribution in [3.63, 3.8) is 0 Å². The quantitative estimate of drug-likeness (QED) is 0.385. The summed E-state index contributed by atoms with van der Waals surface area (Å²) in [5.74, 6) is 0.185. The fourth-order valence-electron chi connectivity index (χ4n) is 4.84. The zero-order valence-electron chi connectivity index (χ0n) is 18.2. The Balaban J connectivity index is 1.56. The molecule has 0 heteroatoms. The van der Waals surface area contributed by atoms with E-state index in [-0.39, 0.29) is 5.92 Å². The van der Waals surface area contributed by atoms with E-state index in [1.165, 1.54) is 44.5 Å². The van der Waals surface area contributed by atoms with Crippen LogP contribution in [0, 0.1) is 5.92 Å². The number of hydrogen-bond donors (Lipinski definition) is 0. The Labute approximate surface area is 191 Å². The van der Waals surface area contributed by atoms with Crippen molar-refractivity contribution < 1.29 is 0 Å². The third-order valence-corrected chi connectivity index (χ3v) is 6.33. The molecule has 2 aliphatic carbocycles. The van der Waals surface area contributed by atoms with Crippen LogP contribution in [0.25, 0.3) is 16.7 Å². The van der Waals surface area contributed by atoms with Gasteiger partial charge in [0, 0.05) is 5.92 Å². The third kappa shape index (κ3) is 3.65. The molecule has 2 aliphatic rings. The van der Waals surface area contributed by atoms with Gasteiger partial charge in [0.25, 0.3) is 0 Å². The van der Waals surface area contributed by atoms with Gasteiger partial charge in [-0.05, 0) is 56.5 Å². The summed E-state index contributed by atoms with van der Waals surface area (Å²) in [6.45, 7) is 8.66. The molecule has 0 aromatic heterocycles. The Morgan fingerprint density at radius 1 is 0.812 bits per heavy atom. The number of fused-ring (bicyclic) bond motifs is 1. The molecule has 0 spiro atoms. The molecular formula is C32H26. The molecule has 0 saturated carbocycles. The van der Waals surface area contributed by atoms with Crippen molar-refractivity contribution in [1.29, 1.82) is 0 Å². The van der Waals surface area contributed by atoms with Crippen molar-refractivity contribution in [2.45, 2.75) is 6.42 Å². The highest BCUT2D eigenvalue weighted by molar-refractivity contribution is 5.88. The van der Waals surface area contributed by atoms with Crippen molar-refractivity contribution in [3.8, 4) is 11.1 Å². The summed E-state index contributed by atoms with van der Waals surface area (Å²) in [4.78, 5) is 0. The average Bonchev–Trinajstić information content (AvgIpc) is 3.24. The molecule has 0 N–H and O–H groups in total. The summed E-state index contributed by atoms with van der Waals surface area (Å²) in [6, 6.07) is 29.9. The Kier molecular flexibility index (Phi) is 5.44. The van der Waals surface area contributed by atoms with E-state index in [4.69, 9.17) is 0 Å². The molecule has 0 saturated heterocycles.